The van der Waals surface area contributed by atoms with Gasteiger partial charge in [0, 0.05) is 46.8 Å². The molecular formula is C10H14N2OS. The van der Waals surface area contributed by atoms with Crippen LogP contribution in [0.5, 0.6) is 0 Å². The van der Waals surface area contributed by atoms with Crippen molar-refractivity contribution in [2.24, 2.45) is 0 Å². The van der Waals surface area contributed by atoms with Crippen LogP contribution in [0.4, 0.5) is 11.4 Å². The highest BCUT2D eigenvalue weighted by Gasteiger charge is 2.15. The van der Waals surface area contributed by atoms with Crippen LogP contribution in [0.3, 0.4) is 0 Å². The Morgan fingerprint density at radius 1 is 1.29 bits per heavy atom. The lowest BCUT2D eigenvalue weighted by Gasteiger charge is -2.28. The van der Waals surface area contributed by atoms with Crippen LogP contribution in [0.2, 0.25) is 0 Å². The molecule has 1 aliphatic heterocycles. The molecule has 14 heavy (non-hydrogen) atoms. The van der Waals surface area contributed by atoms with E-state index in [1.807, 2.05) is 24.3 Å². The highest BCUT2D eigenvalue weighted by Crippen LogP contribution is 2.18. The summed E-state index contributed by atoms with van der Waals surface area (Å²) < 4.78 is 11.2. The second-order valence-corrected chi connectivity index (χ2v) is 5.13. The van der Waals surface area contributed by atoms with E-state index in [2.05, 4.69) is 4.90 Å². The van der Waals surface area contributed by atoms with E-state index in [1.54, 1.807) is 0 Å². The Hall–Kier alpha value is -1.03. The molecule has 0 aromatic heterocycles. The fraction of sp³-hybridized carbons (Fsp3) is 0.400. The molecule has 1 saturated heterocycles. The molecule has 1 fully saturated rings. The van der Waals surface area contributed by atoms with Gasteiger partial charge in [-0.25, -0.2) is 0 Å². The first-order valence-electron chi connectivity index (χ1n) is 4.71. The zero-order chi connectivity index (χ0) is 9.97. The van der Waals surface area contributed by atoms with Crippen molar-refractivity contribution in [2.75, 3.05) is 35.2 Å². The van der Waals surface area contributed by atoms with Gasteiger partial charge in [0.15, 0.2) is 0 Å². The summed E-state index contributed by atoms with van der Waals surface area (Å²) in [5.41, 5.74) is 7.63. The van der Waals surface area contributed by atoms with E-state index in [0.717, 1.165) is 36.0 Å². The standard InChI is InChI=1S/C10H14N2OS/c11-9-2-1-3-10(8-9)12-4-6-14(13)7-5-12/h1-3,8H,4-7,11H2. The average Bonchev–Trinajstić information content (AvgIpc) is 2.19. The lowest BCUT2D eigenvalue weighted by molar-refractivity contribution is 0.673. The maximum absolute atomic E-state index is 11.2. The van der Waals surface area contributed by atoms with Gasteiger partial charge < -0.3 is 10.6 Å². The summed E-state index contributed by atoms with van der Waals surface area (Å²) in [5, 5.41) is 0. The first kappa shape index (κ1) is 9.52. The van der Waals surface area contributed by atoms with Crippen LogP contribution in [0.25, 0.3) is 0 Å². The van der Waals surface area contributed by atoms with E-state index in [1.165, 1.54) is 0 Å². The van der Waals surface area contributed by atoms with Crippen LogP contribution in [0.15, 0.2) is 24.3 Å². The molecule has 0 amide bonds. The highest BCUT2D eigenvalue weighted by molar-refractivity contribution is 7.85. The quantitative estimate of drug-likeness (QED) is 0.699. The van der Waals surface area contributed by atoms with E-state index >= 15 is 0 Å². The first-order valence-corrected chi connectivity index (χ1v) is 6.20. The van der Waals surface area contributed by atoms with Crippen LogP contribution >= 0.6 is 0 Å². The Labute approximate surface area is 86.4 Å². The Morgan fingerprint density at radius 2 is 2.00 bits per heavy atom. The van der Waals surface area contributed by atoms with Gasteiger partial charge in [0.25, 0.3) is 0 Å². The molecule has 0 unspecified atom stereocenters. The van der Waals surface area contributed by atoms with Crippen molar-refractivity contribution < 1.29 is 4.21 Å². The van der Waals surface area contributed by atoms with Crippen molar-refractivity contribution in [3.63, 3.8) is 0 Å². The number of nitrogen functional groups attached to an aromatic ring is 1. The fourth-order valence-corrected chi connectivity index (χ4v) is 2.67. The van der Waals surface area contributed by atoms with Gasteiger partial charge in [0.05, 0.1) is 0 Å². The van der Waals surface area contributed by atoms with Crippen molar-refractivity contribution in [1.29, 1.82) is 0 Å². The molecule has 1 aromatic carbocycles. The minimum absolute atomic E-state index is 0.613. The number of nitrogens with zero attached hydrogens (tertiary/aromatic N) is 1. The molecule has 1 aliphatic rings. The summed E-state index contributed by atoms with van der Waals surface area (Å²) in [5.74, 6) is 1.55. The van der Waals surface area contributed by atoms with Gasteiger partial charge in [-0.05, 0) is 18.2 Å². The maximum Gasteiger partial charge on any atom is 0.0411 e. The van der Waals surface area contributed by atoms with Crippen molar-refractivity contribution >= 4 is 22.2 Å². The molecule has 1 heterocycles. The van der Waals surface area contributed by atoms with Crippen LogP contribution in [-0.4, -0.2) is 28.8 Å². The van der Waals surface area contributed by atoms with Crippen LogP contribution in [0.1, 0.15) is 0 Å². The van der Waals surface area contributed by atoms with Gasteiger partial charge in [0.2, 0.25) is 0 Å². The molecule has 3 nitrogen and oxygen atoms in total. The molecule has 0 atom stereocenters. The van der Waals surface area contributed by atoms with E-state index in [-0.39, 0.29) is 0 Å². The van der Waals surface area contributed by atoms with E-state index in [0.29, 0.717) is 0 Å². The molecule has 2 rings (SSSR count). The minimum atomic E-state index is -0.613. The summed E-state index contributed by atoms with van der Waals surface area (Å²) in [6.07, 6.45) is 0. The fourth-order valence-electron chi connectivity index (χ4n) is 1.62. The summed E-state index contributed by atoms with van der Waals surface area (Å²) in [6, 6.07) is 7.85. The van der Waals surface area contributed by atoms with Crippen molar-refractivity contribution in [3.05, 3.63) is 24.3 Å². The maximum atomic E-state index is 11.2. The predicted molar refractivity (Wildman–Crippen MR) is 60.9 cm³/mol. The second kappa shape index (κ2) is 4.00. The third-order valence-electron chi connectivity index (χ3n) is 2.41. The normalized spacial score (nSPS) is 18.4. The highest BCUT2D eigenvalue weighted by atomic mass is 32.2. The molecule has 0 radical (unpaired) electrons. The lowest BCUT2D eigenvalue weighted by Crippen LogP contribution is -2.37. The number of nitrogens with two attached hydrogens (primary N) is 1. The molecule has 76 valence electrons. The van der Waals surface area contributed by atoms with Gasteiger partial charge in [0.1, 0.15) is 0 Å². The third kappa shape index (κ3) is 2.07. The number of hydrogen-bond donors (Lipinski definition) is 1. The Kier molecular flexibility index (Phi) is 2.72. The lowest BCUT2D eigenvalue weighted by atomic mass is 10.2. The molecule has 0 saturated carbocycles. The monoisotopic (exact) mass is 210 g/mol. The predicted octanol–water partition coefficient (Wildman–Crippen LogP) is 0.837. The van der Waals surface area contributed by atoms with E-state index in [9.17, 15) is 4.21 Å². The van der Waals surface area contributed by atoms with E-state index < -0.39 is 10.8 Å². The molecule has 0 bridgehead atoms. The number of anilines is 2. The van der Waals surface area contributed by atoms with Crippen molar-refractivity contribution in [1.82, 2.24) is 0 Å². The van der Waals surface area contributed by atoms with Gasteiger partial charge in [-0.2, -0.15) is 0 Å². The Bertz CT molecular complexity index is 344. The van der Waals surface area contributed by atoms with Crippen LogP contribution < -0.4 is 10.6 Å². The summed E-state index contributed by atoms with van der Waals surface area (Å²) >= 11 is 0. The smallest absolute Gasteiger partial charge is 0.0411 e. The molecular weight excluding hydrogens is 196 g/mol. The first-order chi connectivity index (χ1) is 6.75. The largest absolute Gasteiger partial charge is 0.399 e. The third-order valence-corrected chi connectivity index (χ3v) is 3.69. The number of rotatable bonds is 1. The SMILES string of the molecule is Nc1cccc(N2CCS(=O)CC2)c1. The summed E-state index contributed by atoms with van der Waals surface area (Å²) in [7, 11) is -0.613. The number of benzene rings is 1. The van der Waals surface area contributed by atoms with Crippen molar-refractivity contribution in [3.8, 4) is 0 Å². The summed E-state index contributed by atoms with van der Waals surface area (Å²) in [4.78, 5) is 2.23. The Morgan fingerprint density at radius 3 is 2.64 bits per heavy atom. The minimum Gasteiger partial charge on any atom is -0.399 e. The van der Waals surface area contributed by atoms with Gasteiger partial charge in [-0.1, -0.05) is 6.07 Å². The molecule has 0 spiro atoms. The zero-order valence-electron chi connectivity index (χ0n) is 7.98. The molecule has 4 heteroatoms. The topological polar surface area (TPSA) is 46.3 Å². The average molecular weight is 210 g/mol. The van der Waals surface area contributed by atoms with Gasteiger partial charge >= 0.3 is 0 Å². The number of hydrogen-bond acceptors (Lipinski definition) is 3. The summed E-state index contributed by atoms with van der Waals surface area (Å²) in [6.45, 7) is 1.74. The zero-order valence-corrected chi connectivity index (χ0v) is 8.80. The molecule has 1 aromatic rings. The van der Waals surface area contributed by atoms with Gasteiger partial charge in [-0.3, -0.25) is 4.21 Å². The molecule has 2 N–H and O–H groups in total. The van der Waals surface area contributed by atoms with Crippen molar-refractivity contribution in [2.45, 2.75) is 0 Å². The second-order valence-electron chi connectivity index (χ2n) is 3.43. The Balaban J connectivity index is 2.12. The van der Waals surface area contributed by atoms with Gasteiger partial charge in [-0.15, -0.1) is 0 Å². The van der Waals surface area contributed by atoms with E-state index in [4.69, 9.17) is 5.73 Å². The molecule has 0 aliphatic carbocycles. The van der Waals surface area contributed by atoms with Crippen LogP contribution in [-0.2, 0) is 10.8 Å². The van der Waals surface area contributed by atoms with Crippen LogP contribution in [0, 0.1) is 0 Å².